The molecule has 0 aliphatic carbocycles. The third kappa shape index (κ3) is 3.22. The molecular formula is C11H18FNO. The van der Waals surface area contributed by atoms with Crippen LogP contribution in [0.1, 0.15) is 20.8 Å². The van der Waals surface area contributed by atoms with Gasteiger partial charge in [0.1, 0.15) is 5.67 Å². The fraction of sp³-hybridized carbons (Fsp3) is 0.727. The highest BCUT2D eigenvalue weighted by molar-refractivity contribution is 5.91. The molecule has 1 aliphatic heterocycles. The van der Waals surface area contributed by atoms with Gasteiger partial charge in [-0.15, -0.1) is 0 Å². The van der Waals surface area contributed by atoms with Crippen LogP contribution in [0.15, 0.2) is 12.2 Å². The van der Waals surface area contributed by atoms with Gasteiger partial charge in [0.05, 0.1) is 0 Å². The lowest BCUT2D eigenvalue weighted by Crippen LogP contribution is -2.56. The van der Waals surface area contributed by atoms with Crippen molar-refractivity contribution >= 4 is 5.78 Å². The average Bonchev–Trinajstić information content (AvgIpc) is 2.00. The Labute approximate surface area is 84.8 Å². The number of carbonyl (C=O) groups is 1. The Hall–Kier alpha value is -0.700. The minimum absolute atomic E-state index is 0.0501. The van der Waals surface area contributed by atoms with Crippen LogP contribution < -0.4 is 0 Å². The highest BCUT2D eigenvalue weighted by atomic mass is 19.1. The summed E-state index contributed by atoms with van der Waals surface area (Å²) in [6.07, 6.45) is 3.41. The second-order valence-electron chi connectivity index (χ2n) is 4.54. The molecule has 0 spiro atoms. The van der Waals surface area contributed by atoms with E-state index in [-0.39, 0.29) is 11.7 Å². The van der Waals surface area contributed by atoms with E-state index in [1.54, 1.807) is 13.0 Å². The fourth-order valence-electron chi connectivity index (χ4n) is 1.53. The Morgan fingerprint density at radius 2 is 2.14 bits per heavy atom. The Balaban J connectivity index is 2.19. The Morgan fingerprint density at radius 3 is 2.57 bits per heavy atom. The molecular weight excluding hydrogens is 181 g/mol. The van der Waals surface area contributed by atoms with E-state index < -0.39 is 5.67 Å². The zero-order valence-corrected chi connectivity index (χ0v) is 9.09. The van der Waals surface area contributed by atoms with E-state index in [0.29, 0.717) is 19.6 Å². The SMILES string of the molecule is CC(C)C(=O)/C=C/CN1CC(C)(F)C1. The number of hydrogen-bond donors (Lipinski definition) is 0. The van der Waals surface area contributed by atoms with Crippen molar-refractivity contribution in [3.8, 4) is 0 Å². The lowest BCUT2D eigenvalue weighted by Gasteiger charge is -2.41. The molecule has 3 heteroatoms. The maximum atomic E-state index is 13.0. The molecule has 1 aliphatic rings. The number of alkyl halides is 1. The third-order valence-electron chi connectivity index (χ3n) is 2.32. The molecule has 0 amide bonds. The van der Waals surface area contributed by atoms with Crippen LogP contribution in [0, 0.1) is 5.92 Å². The van der Waals surface area contributed by atoms with Crippen molar-refractivity contribution in [2.75, 3.05) is 19.6 Å². The van der Waals surface area contributed by atoms with Crippen molar-refractivity contribution in [2.24, 2.45) is 5.92 Å². The molecule has 1 heterocycles. The highest BCUT2D eigenvalue weighted by Gasteiger charge is 2.37. The maximum absolute atomic E-state index is 13.0. The summed E-state index contributed by atoms with van der Waals surface area (Å²) in [6, 6.07) is 0. The summed E-state index contributed by atoms with van der Waals surface area (Å²) < 4.78 is 13.0. The van der Waals surface area contributed by atoms with Gasteiger partial charge in [0.25, 0.3) is 0 Å². The molecule has 0 bridgehead atoms. The van der Waals surface area contributed by atoms with Crippen LogP contribution in [0.4, 0.5) is 4.39 Å². The quantitative estimate of drug-likeness (QED) is 0.644. The van der Waals surface area contributed by atoms with Gasteiger partial charge in [-0.05, 0) is 13.0 Å². The fourth-order valence-corrected chi connectivity index (χ4v) is 1.53. The number of hydrogen-bond acceptors (Lipinski definition) is 2. The first kappa shape index (κ1) is 11.4. The van der Waals surface area contributed by atoms with Crippen molar-refractivity contribution < 1.29 is 9.18 Å². The normalized spacial score (nSPS) is 21.5. The number of ketones is 1. The monoisotopic (exact) mass is 199 g/mol. The topological polar surface area (TPSA) is 20.3 Å². The number of nitrogens with zero attached hydrogens (tertiary/aromatic N) is 1. The van der Waals surface area contributed by atoms with Crippen LogP contribution in [0.3, 0.4) is 0 Å². The molecule has 1 rings (SSSR count). The summed E-state index contributed by atoms with van der Waals surface area (Å²) in [6.45, 7) is 6.98. The summed E-state index contributed by atoms with van der Waals surface area (Å²) in [7, 11) is 0. The molecule has 0 radical (unpaired) electrons. The van der Waals surface area contributed by atoms with Crippen LogP contribution in [-0.4, -0.2) is 36.0 Å². The van der Waals surface area contributed by atoms with Crippen LogP contribution >= 0.6 is 0 Å². The molecule has 0 unspecified atom stereocenters. The number of rotatable bonds is 4. The van der Waals surface area contributed by atoms with Gasteiger partial charge in [0.2, 0.25) is 0 Å². The Morgan fingerprint density at radius 1 is 1.57 bits per heavy atom. The van der Waals surface area contributed by atoms with Gasteiger partial charge in [0, 0.05) is 25.6 Å². The smallest absolute Gasteiger partial charge is 0.157 e. The minimum Gasteiger partial charge on any atom is -0.295 e. The van der Waals surface area contributed by atoms with E-state index in [0.717, 1.165) is 0 Å². The maximum Gasteiger partial charge on any atom is 0.157 e. The number of likely N-dealkylation sites (tertiary alicyclic amines) is 1. The zero-order chi connectivity index (χ0) is 10.8. The van der Waals surface area contributed by atoms with Crippen LogP contribution in [0.5, 0.6) is 0 Å². The highest BCUT2D eigenvalue weighted by Crippen LogP contribution is 2.23. The van der Waals surface area contributed by atoms with E-state index in [4.69, 9.17) is 0 Å². The van der Waals surface area contributed by atoms with E-state index in [9.17, 15) is 9.18 Å². The van der Waals surface area contributed by atoms with Crippen molar-refractivity contribution in [1.29, 1.82) is 0 Å². The minimum atomic E-state index is -1.02. The van der Waals surface area contributed by atoms with Crippen LogP contribution in [-0.2, 0) is 4.79 Å². The molecule has 0 atom stereocenters. The largest absolute Gasteiger partial charge is 0.295 e. The van der Waals surface area contributed by atoms with Gasteiger partial charge < -0.3 is 0 Å². The van der Waals surface area contributed by atoms with Crippen molar-refractivity contribution in [3.05, 3.63) is 12.2 Å². The lowest BCUT2D eigenvalue weighted by molar-refractivity contribution is -0.117. The van der Waals surface area contributed by atoms with Crippen LogP contribution in [0.25, 0.3) is 0 Å². The third-order valence-corrected chi connectivity index (χ3v) is 2.32. The summed E-state index contributed by atoms with van der Waals surface area (Å²) in [4.78, 5) is 13.2. The Kier molecular flexibility index (Phi) is 3.43. The standard InChI is InChI=1S/C11H18FNO/c1-9(2)10(14)5-4-6-13-7-11(3,12)8-13/h4-5,9H,6-8H2,1-3H3/b5-4+. The van der Waals surface area contributed by atoms with Gasteiger partial charge in [-0.25, -0.2) is 4.39 Å². The van der Waals surface area contributed by atoms with Crippen molar-refractivity contribution in [1.82, 2.24) is 4.90 Å². The molecule has 1 fully saturated rings. The van der Waals surface area contributed by atoms with E-state index >= 15 is 0 Å². The second-order valence-corrected chi connectivity index (χ2v) is 4.54. The summed E-state index contributed by atoms with van der Waals surface area (Å²) in [5.41, 5.74) is -1.02. The van der Waals surface area contributed by atoms with Gasteiger partial charge in [-0.3, -0.25) is 9.69 Å². The van der Waals surface area contributed by atoms with Crippen molar-refractivity contribution in [3.63, 3.8) is 0 Å². The molecule has 0 aromatic rings. The predicted molar refractivity (Wildman–Crippen MR) is 54.9 cm³/mol. The molecule has 0 aromatic carbocycles. The number of allylic oxidation sites excluding steroid dienone is 1. The van der Waals surface area contributed by atoms with E-state index in [1.807, 2.05) is 24.8 Å². The first-order valence-electron chi connectivity index (χ1n) is 5.02. The molecule has 1 saturated heterocycles. The van der Waals surface area contributed by atoms with Gasteiger partial charge >= 0.3 is 0 Å². The molecule has 0 saturated carbocycles. The summed E-state index contributed by atoms with van der Waals surface area (Å²) in [5.74, 6) is 0.183. The predicted octanol–water partition coefficient (Wildman–Crippen LogP) is 1.81. The lowest BCUT2D eigenvalue weighted by atomic mass is 9.99. The average molecular weight is 199 g/mol. The Bertz CT molecular complexity index is 238. The molecule has 2 nitrogen and oxygen atoms in total. The van der Waals surface area contributed by atoms with Gasteiger partial charge in [-0.1, -0.05) is 19.9 Å². The van der Waals surface area contributed by atoms with Gasteiger partial charge in [-0.2, -0.15) is 0 Å². The molecule has 0 N–H and O–H groups in total. The van der Waals surface area contributed by atoms with Crippen molar-refractivity contribution in [2.45, 2.75) is 26.4 Å². The first-order chi connectivity index (χ1) is 6.41. The summed E-state index contributed by atoms with van der Waals surface area (Å²) in [5, 5.41) is 0. The number of halogens is 1. The molecule has 14 heavy (non-hydrogen) atoms. The zero-order valence-electron chi connectivity index (χ0n) is 9.09. The molecule has 80 valence electrons. The second kappa shape index (κ2) is 4.22. The van der Waals surface area contributed by atoms with Gasteiger partial charge in [0.15, 0.2) is 5.78 Å². The first-order valence-corrected chi connectivity index (χ1v) is 5.02. The van der Waals surface area contributed by atoms with Crippen LogP contribution in [0.2, 0.25) is 0 Å². The van der Waals surface area contributed by atoms with E-state index in [2.05, 4.69) is 0 Å². The molecule has 0 aromatic heterocycles. The number of carbonyl (C=O) groups excluding carboxylic acids is 1. The summed E-state index contributed by atoms with van der Waals surface area (Å²) >= 11 is 0. The van der Waals surface area contributed by atoms with E-state index in [1.165, 1.54) is 0 Å².